The lowest BCUT2D eigenvalue weighted by Crippen LogP contribution is -2.40. The van der Waals surface area contributed by atoms with Crippen LogP contribution < -0.4 is 10.1 Å². The summed E-state index contributed by atoms with van der Waals surface area (Å²) in [5, 5.41) is 3.57. The maximum absolute atomic E-state index is 6.04. The maximum atomic E-state index is 6.04. The molecule has 28 heavy (non-hydrogen) atoms. The third-order valence-corrected chi connectivity index (χ3v) is 6.09. The second-order valence-electron chi connectivity index (χ2n) is 8.37. The van der Waals surface area contributed by atoms with Crippen molar-refractivity contribution in [3.05, 3.63) is 29.8 Å². The van der Waals surface area contributed by atoms with Gasteiger partial charge < -0.3 is 19.9 Å². The number of hydrogen-bond donors (Lipinski definition) is 1. The van der Waals surface area contributed by atoms with E-state index in [4.69, 9.17) is 4.74 Å². The first-order valence-electron chi connectivity index (χ1n) is 10.7. The van der Waals surface area contributed by atoms with Crippen LogP contribution in [-0.2, 0) is 6.54 Å². The Hall–Kier alpha value is -1.02. The first-order valence-corrected chi connectivity index (χ1v) is 10.7. The van der Waals surface area contributed by atoms with Crippen LogP contribution in [0.4, 0.5) is 0 Å². The van der Waals surface area contributed by atoms with E-state index in [0.717, 1.165) is 49.8 Å². The molecule has 0 spiro atoms. The smallest absolute Gasteiger partial charge is 0.193 e. The summed E-state index contributed by atoms with van der Waals surface area (Å²) in [4.78, 5) is 9.60. The molecule has 1 unspecified atom stereocenters. The highest BCUT2D eigenvalue weighted by molar-refractivity contribution is 14.0. The van der Waals surface area contributed by atoms with Crippen LogP contribution in [0.5, 0.6) is 5.75 Å². The number of hydrogen-bond acceptors (Lipinski definition) is 3. The number of nitrogens with zero attached hydrogens (tertiary/aromatic N) is 3. The van der Waals surface area contributed by atoms with Crippen LogP contribution in [0.1, 0.15) is 37.7 Å². The van der Waals surface area contributed by atoms with Gasteiger partial charge in [-0.2, -0.15) is 0 Å². The molecule has 0 amide bonds. The molecule has 1 aromatic carbocycles. The Balaban J connectivity index is 0.00000225. The molecule has 2 aliphatic heterocycles. The average molecular weight is 498 g/mol. The molecule has 0 aromatic heterocycles. The van der Waals surface area contributed by atoms with Crippen LogP contribution in [0.3, 0.4) is 0 Å². The van der Waals surface area contributed by atoms with Gasteiger partial charge in [0.05, 0.1) is 6.61 Å². The molecule has 4 rings (SSSR count). The van der Waals surface area contributed by atoms with Gasteiger partial charge in [-0.1, -0.05) is 18.2 Å². The van der Waals surface area contributed by atoms with E-state index < -0.39 is 0 Å². The van der Waals surface area contributed by atoms with Crippen molar-refractivity contribution < 1.29 is 4.74 Å². The predicted molar refractivity (Wildman–Crippen MR) is 126 cm³/mol. The molecule has 0 bridgehead atoms. The van der Waals surface area contributed by atoms with Gasteiger partial charge in [-0.15, -0.1) is 24.0 Å². The third kappa shape index (κ3) is 5.99. The predicted octanol–water partition coefficient (Wildman–Crippen LogP) is 3.59. The zero-order chi connectivity index (χ0) is 18.5. The minimum absolute atomic E-state index is 0. The SMILES string of the molecule is CN=C(NCc1ccccc1OCC1CC1)N1CCC(CN2CCCC2)C1.I. The molecule has 1 aromatic rings. The van der Waals surface area contributed by atoms with Crippen LogP contribution in [0.15, 0.2) is 29.3 Å². The number of para-hydroxylation sites is 1. The second kappa shape index (κ2) is 10.7. The number of guanidine groups is 1. The lowest BCUT2D eigenvalue weighted by Gasteiger charge is -2.23. The van der Waals surface area contributed by atoms with Gasteiger partial charge in [0.1, 0.15) is 5.75 Å². The molecule has 156 valence electrons. The molecule has 5 nitrogen and oxygen atoms in total. The average Bonchev–Trinajstić information content (AvgIpc) is 3.17. The number of benzene rings is 1. The van der Waals surface area contributed by atoms with E-state index >= 15 is 0 Å². The van der Waals surface area contributed by atoms with Gasteiger partial charge in [0, 0.05) is 38.8 Å². The molecule has 1 atom stereocenters. The van der Waals surface area contributed by atoms with E-state index in [1.165, 1.54) is 57.3 Å². The summed E-state index contributed by atoms with van der Waals surface area (Å²) >= 11 is 0. The molecule has 1 aliphatic carbocycles. The maximum Gasteiger partial charge on any atom is 0.193 e. The molecule has 6 heteroatoms. The highest BCUT2D eigenvalue weighted by Crippen LogP contribution is 2.30. The summed E-state index contributed by atoms with van der Waals surface area (Å²) in [7, 11) is 1.89. The van der Waals surface area contributed by atoms with Crippen LogP contribution in [0.2, 0.25) is 0 Å². The first kappa shape index (κ1) is 21.7. The Morgan fingerprint density at radius 3 is 2.64 bits per heavy atom. The van der Waals surface area contributed by atoms with Gasteiger partial charge in [-0.25, -0.2) is 0 Å². The largest absolute Gasteiger partial charge is 0.493 e. The van der Waals surface area contributed by atoms with E-state index in [-0.39, 0.29) is 24.0 Å². The zero-order valence-electron chi connectivity index (χ0n) is 17.1. The number of ether oxygens (including phenoxy) is 1. The van der Waals surface area contributed by atoms with E-state index in [9.17, 15) is 0 Å². The van der Waals surface area contributed by atoms with Crippen molar-refractivity contribution in [2.24, 2.45) is 16.8 Å². The van der Waals surface area contributed by atoms with Crippen LogP contribution in [0, 0.1) is 11.8 Å². The highest BCUT2D eigenvalue weighted by atomic mass is 127. The lowest BCUT2D eigenvalue weighted by atomic mass is 10.1. The minimum atomic E-state index is 0. The third-order valence-electron chi connectivity index (χ3n) is 6.09. The van der Waals surface area contributed by atoms with Gasteiger partial charge in [-0.05, 0) is 63.1 Å². The van der Waals surface area contributed by atoms with Crippen molar-refractivity contribution in [1.29, 1.82) is 0 Å². The highest BCUT2D eigenvalue weighted by Gasteiger charge is 2.27. The van der Waals surface area contributed by atoms with Crippen molar-refractivity contribution in [2.75, 3.05) is 46.4 Å². The quantitative estimate of drug-likeness (QED) is 0.355. The van der Waals surface area contributed by atoms with Gasteiger partial charge >= 0.3 is 0 Å². The second-order valence-corrected chi connectivity index (χ2v) is 8.37. The minimum Gasteiger partial charge on any atom is -0.493 e. The number of nitrogens with one attached hydrogen (secondary N) is 1. The molecule has 1 saturated carbocycles. The van der Waals surface area contributed by atoms with Gasteiger partial charge in [0.15, 0.2) is 5.96 Å². The topological polar surface area (TPSA) is 40.1 Å². The molecule has 3 fully saturated rings. The summed E-state index contributed by atoms with van der Waals surface area (Å²) < 4.78 is 6.04. The molecule has 2 heterocycles. The molecule has 1 N–H and O–H groups in total. The number of halogens is 1. The normalized spacial score (nSPS) is 23.0. The van der Waals surface area contributed by atoms with E-state index in [0.29, 0.717) is 0 Å². The molecule has 0 radical (unpaired) electrons. The molecule has 2 saturated heterocycles. The van der Waals surface area contributed by atoms with E-state index in [2.05, 4.69) is 44.4 Å². The lowest BCUT2D eigenvalue weighted by molar-refractivity contribution is 0.281. The Labute approximate surface area is 186 Å². The van der Waals surface area contributed by atoms with Gasteiger partial charge in [0.2, 0.25) is 0 Å². The standard InChI is InChI=1S/C22H34N4O.HI/c1-23-22(26-13-10-19(16-26)15-25-11-4-5-12-25)24-14-20-6-2-3-7-21(20)27-17-18-8-9-18;/h2-3,6-7,18-19H,4-5,8-17H2,1H3,(H,23,24);1H. The summed E-state index contributed by atoms with van der Waals surface area (Å²) in [6.07, 6.45) is 6.67. The first-order chi connectivity index (χ1) is 13.3. The van der Waals surface area contributed by atoms with Crippen LogP contribution >= 0.6 is 24.0 Å². The molecule has 3 aliphatic rings. The fraction of sp³-hybridized carbons (Fsp3) is 0.682. The summed E-state index contributed by atoms with van der Waals surface area (Å²) in [6.45, 7) is 7.69. The Morgan fingerprint density at radius 2 is 1.89 bits per heavy atom. The monoisotopic (exact) mass is 498 g/mol. The fourth-order valence-electron chi connectivity index (χ4n) is 4.29. The van der Waals surface area contributed by atoms with Crippen LogP contribution in [-0.4, -0.2) is 62.1 Å². The van der Waals surface area contributed by atoms with Crippen LogP contribution in [0.25, 0.3) is 0 Å². The summed E-state index contributed by atoms with van der Waals surface area (Å²) in [6, 6.07) is 8.39. The number of rotatable bonds is 7. The summed E-state index contributed by atoms with van der Waals surface area (Å²) in [5.74, 6) is 3.59. The van der Waals surface area contributed by atoms with Crippen molar-refractivity contribution in [3.8, 4) is 5.75 Å². The number of likely N-dealkylation sites (tertiary alicyclic amines) is 2. The van der Waals surface area contributed by atoms with E-state index in [1.807, 2.05) is 7.05 Å². The van der Waals surface area contributed by atoms with Crippen molar-refractivity contribution in [2.45, 2.75) is 38.6 Å². The Bertz CT molecular complexity index is 643. The van der Waals surface area contributed by atoms with Crippen molar-refractivity contribution in [1.82, 2.24) is 15.1 Å². The fourth-order valence-corrected chi connectivity index (χ4v) is 4.29. The summed E-state index contributed by atoms with van der Waals surface area (Å²) in [5.41, 5.74) is 1.21. The molecular weight excluding hydrogens is 463 g/mol. The molecular formula is C22H35IN4O. The van der Waals surface area contributed by atoms with E-state index in [1.54, 1.807) is 0 Å². The van der Waals surface area contributed by atoms with Gasteiger partial charge in [0.25, 0.3) is 0 Å². The number of aliphatic imine (C=N–C) groups is 1. The Kier molecular flexibility index (Phi) is 8.26. The van der Waals surface area contributed by atoms with Crippen molar-refractivity contribution in [3.63, 3.8) is 0 Å². The van der Waals surface area contributed by atoms with Crippen molar-refractivity contribution >= 4 is 29.9 Å². The van der Waals surface area contributed by atoms with Gasteiger partial charge in [-0.3, -0.25) is 4.99 Å². The Morgan fingerprint density at radius 1 is 1.11 bits per heavy atom. The zero-order valence-corrected chi connectivity index (χ0v) is 19.4.